The number of rotatable bonds is 2. The first-order chi connectivity index (χ1) is 9.52. The molecule has 0 aromatic heterocycles. The lowest BCUT2D eigenvalue weighted by Gasteiger charge is -2.54. The fraction of sp³-hybridized carbons (Fsp3) is 0.529. The largest absolute Gasteiger partial charge is 0.296 e. The van der Waals surface area contributed by atoms with Crippen molar-refractivity contribution in [1.29, 1.82) is 0 Å². The smallest absolute Gasteiger partial charge is 0.104 e. The van der Waals surface area contributed by atoms with Crippen molar-refractivity contribution < 1.29 is 0 Å². The molecule has 0 unspecified atom stereocenters. The van der Waals surface area contributed by atoms with Crippen LogP contribution in [0.4, 0.5) is 0 Å². The molecule has 20 heavy (non-hydrogen) atoms. The fourth-order valence-electron chi connectivity index (χ4n) is 4.09. The molecule has 0 spiro atoms. The Hall–Kier alpha value is -0.500. The highest BCUT2D eigenvalue weighted by Crippen LogP contribution is 2.48. The Bertz CT molecular complexity index is 536. The molecule has 1 nitrogen and oxygen atoms in total. The molecular weight excluding hydrogens is 289 g/mol. The van der Waals surface area contributed by atoms with Crippen molar-refractivity contribution in [2.24, 2.45) is 5.92 Å². The van der Waals surface area contributed by atoms with Gasteiger partial charge in [-0.05, 0) is 47.9 Å². The van der Waals surface area contributed by atoms with Crippen LogP contribution in [0, 0.1) is 5.92 Å². The minimum Gasteiger partial charge on any atom is -0.296 e. The number of fused-ring (bicyclic) bond motifs is 4. The van der Waals surface area contributed by atoms with Gasteiger partial charge in [0.2, 0.25) is 0 Å². The Morgan fingerprint density at radius 1 is 1.40 bits per heavy atom. The number of nitrogens with zero attached hydrogens (tertiary/aromatic N) is 1. The molecule has 1 fully saturated rings. The number of hydrogen-bond donors (Lipinski definition) is 0. The number of hydrogen-bond acceptors (Lipinski definition) is 1. The lowest BCUT2D eigenvalue weighted by atomic mass is 9.59. The van der Waals surface area contributed by atoms with Crippen LogP contribution in [0.25, 0.3) is 0 Å². The van der Waals surface area contributed by atoms with Crippen LogP contribution in [0.3, 0.4) is 0 Å². The van der Waals surface area contributed by atoms with Crippen LogP contribution in [0.1, 0.15) is 31.4 Å². The molecule has 1 aromatic carbocycles. The van der Waals surface area contributed by atoms with Crippen molar-refractivity contribution in [2.75, 3.05) is 13.1 Å². The van der Waals surface area contributed by atoms with Gasteiger partial charge in [-0.2, -0.15) is 0 Å². The molecule has 2 bridgehead atoms. The SMILES string of the molecule is C[C@@H]1[C@H]2Cc3ccccc3[C@]1(C)CCN2CC=C(Cl)Cl. The van der Waals surface area contributed by atoms with E-state index in [1.165, 1.54) is 12.0 Å². The van der Waals surface area contributed by atoms with Crippen molar-refractivity contribution in [1.82, 2.24) is 4.90 Å². The zero-order valence-corrected chi connectivity index (χ0v) is 13.6. The van der Waals surface area contributed by atoms with Gasteiger partial charge in [0.15, 0.2) is 0 Å². The van der Waals surface area contributed by atoms with Crippen LogP contribution in [0.5, 0.6) is 0 Å². The van der Waals surface area contributed by atoms with Crippen LogP contribution in [0.2, 0.25) is 0 Å². The molecule has 1 aliphatic carbocycles. The highest BCUT2D eigenvalue weighted by molar-refractivity contribution is 6.55. The van der Waals surface area contributed by atoms with Gasteiger partial charge >= 0.3 is 0 Å². The molecule has 0 saturated carbocycles. The Morgan fingerprint density at radius 3 is 2.90 bits per heavy atom. The molecule has 2 aliphatic rings. The summed E-state index contributed by atoms with van der Waals surface area (Å²) in [5.74, 6) is 0.661. The van der Waals surface area contributed by atoms with Gasteiger partial charge in [-0.3, -0.25) is 4.90 Å². The highest BCUT2D eigenvalue weighted by atomic mass is 35.5. The average molecular weight is 310 g/mol. The molecule has 3 rings (SSSR count). The summed E-state index contributed by atoms with van der Waals surface area (Å²) in [4.78, 5) is 2.53. The monoisotopic (exact) mass is 309 g/mol. The van der Waals surface area contributed by atoms with Crippen molar-refractivity contribution in [3.8, 4) is 0 Å². The first kappa shape index (κ1) is 14.4. The molecule has 0 N–H and O–H groups in total. The Morgan fingerprint density at radius 2 is 2.15 bits per heavy atom. The van der Waals surface area contributed by atoms with Crippen molar-refractivity contribution in [3.05, 3.63) is 46.0 Å². The highest BCUT2D eigenvalue weighted by Gasteiger charge is 2.47. The third-order valence-electron chi connectivity index (χ3n) is 5.51. The van der Waals surface area contributed by atoms with E-state index in [0.29, 0.717) is 21.9 Å². The number of halogens is 2. The van der Waals surface area contributed by atoms with Gasteiger partial charge in [0.25, 0.3) is 0 Å². The standard InChI is InChI=1S/C17H21Cl2N/c1-12-15-11-13-5-3-4-6-14(13)17(12,2)8-10-20(15)9-7-16(18)19/h3-7,12,15H,8-11H2,1-2H3/t12-,15-,17-/m1/s1. The third kappa shape index (κ3) is 2.30. The van der Waals surface area contributed by atoms with Crippen LogP contribution in [-0.4, -0.2) is 24.0 Å². The molecule has 0 amide bonds. The van der Waals surface area contributed by atoms with Gasteiger partial charge in [0.1, 0.15) is 4.49 Å². The van der Waals surface area contributed by atoms with E-state index in [4.69, 9.17) is 23.2 Å². The van der Waals surface area contributed by atoms with Crippen molar-refractivity contribution in [3.63, 3.8) is 0 Å². The minimum absolute atomic E-state index is 0.310. The van der Waals surface area contributed by atoms with Gasteiger partial charge in [-0.15, -0.1) is 0 Å². The lowest BCUT2D eigenvalue weighted by molar-refractivity contribution is 0.0399. The van der Waals surface area contributed by atoms with Gasteiger partial charge in [-0.1, -0.05) is 61.3 Å². The number of likely N-dealkylation sites (tertiary alicyclic amines) is 1. The minimum atomic E-state index is 0.310. The summed E-state index contributed by atoms with van der Waals surface area (Å²) in [6, 6.07) is 9.55. The summed E-state index contributed by atoms with van der Waals surface area (Å²) in [5, 5.41) is 0. The summed E-state index contributed by atoms with van der Waals surface area (Å²) < 4.78 is 0.377. The second-order valence-corrected chi connectivity index (χ2v) is 7.38. The molecule has 108 valence electrons. The number of piperidine rings is 1. The van der Waals surface area contributed by atoms with E-state index >= 15 is 0 Å². The first-order valence-corrected chi connectivity index (χ1v) is 8.11. The van der Waals surface area contributed by atoms with E-state index in [1.807, 2.05) is 6.08 Å². The second-order valence-electron chi connectivity index (χ2n) is 6.37. The zero-order chi connectivity index (χ0) is 14.3. The van der Waals surface area contributed by atoms with Gasteiger partial charge < -0.3 is 0 Å². The zero-order valence-electron chi connectivity index (χ0n) is 12.1. The van der Waals surface area contributed by atoms with E-state index in [0.717, 1.165) is 19.5 Å². The molecule has 3 heteroatoms. The van der Waals surface area contributed by atoms with Crippen molar-refractivity contribution in [2.45, 2.75) is 38.1 Å². The van der Waals surface area contributed by atoms with E-state index < -0.39 is 0 Å². The predicted molar refractivity (Wildman–Crippen MR) is 86.4 cm³/mol. The normalized spacial score (nSPS) is 32.6. The van der Waals surface area contributed by atoms with Crippen LogP contribution >= 0.6 is 23.2 Å². The summed E-state index contributed by atoms with van der Waals surface area (Å²) in [7, 11) is 0. The maximum atomic E-state index is 5.78. The molecule has 1 saturated heterocycles. The van der Waals surface area contributed by atoms with E-state index in [9.17, 15) is 0 Å². The van der Waals surface area contributed by atoms with Crippen molar-refractivity contribution >= 4 is 23.2 Å². The van der Waals surface area contributed by atoms with Gasteiger partial charge in [-0.25, -0.2) is 0 Å². The van der Waals surface area contributed by atoms with Crippen LogP contribution in [0.15, 0.2) is 34.8 Å². The number of benzene rings is 1. The molecule has 0 radical (unpaired) electrons. The van der Waals surface area contributed by atoms with Gasteiger partial charge in [0, 0.05) is 12.6 Å². The van der Waals surface area contributed by atoms with Gasteiger partial charge in [0.05, 0.1) is 0 Å². The van der Waals surface area contributed by atoms with Crippen LogP contribution in [-0.2, 0) is 11.8 Å². The third-order valence-corrected chi connectivity index (χ3v) is 5.82. The predicted octanol–water partition coefficient (Wildman–Crippen LogP) is 4.53. The van der Waals surface area contributed by atoms with E-state index in [2.05, 4.69) is 43.0 Å². The summed E-state index contributed by atoms with van der Waals surface area (Å²) in [6.45, 7) is 6.82. The molecule has 1 aromatic rings. The summed E-state index contributed by atoms with van der Waals surface area (Å²) in [5.41, 5.74) is 3.39. The maximum absolute atomic E-state index is 5.78. The molecule has 1 heterocycles. The topological polar surface area (TPSA) is 3.24 Å². The summed E-state index contributed by atoms with van der Waals surface area (Å²) >= 11 is 11.6. The Labute approximate surface area is 131 Å². The van der Waals surface area contributed by atoms with E-state index in [1.54, 1.807) is 5.56 Å². The molecular formula is C17H21Cl2N. The quantitative estimate of drug-likeness (QED) is 0.776. The summed E-state index contributed by atoms with van der Waals surface area (Å²) in [6.07, 6.45) is 4.26. The molecule has 1 aliphatic heterocycles. The maximum Gasteiger partial charge on any atom is 0.104 e. The molecule has 3 atom stereocenters. The first-order valence-electron chi connectivity index (χ1n) is 7.36. The van der Waals surface area contributed by atoms with E-state index in [-0.39, 0.29) is 0 Å². The second kappa shape index (κ2) is 5.36. The average Bonchev–Trinajstić information content (AvgIpc) is 2.42. The fourth-order valence-corrected chi connectivity index (χ4v) is 4.23. The Balaban J connectivity index is 1.93. The van der Waals surface area contributed by atoms with Crippen LogP contribution < -0.4 is 0 Å². The Kier molecular flexibility index (Phi) is 3.87. The lowest BCUT2D eigenvalue weighted by Crippen LogP contribution is -2.57.